The quantitative estimate of drug-likeness (QED) is 0.449. The van der Waals surface area contributed by atoms with Crippen LogP contribution in [0.2, 0.25) is 0 Å². The molecule has 9 heteroatoms. The average Bonchev–Trinajstić information content (AvgIpc) is 3.08. The maximum absolute atomic E-state index is 12.7. The molecule has 0 spiro atoms. The number of hydrogen-bond acceptors (Lipinski definition) is 7. The minimum Gasteiger partial charge on any atom is -0.378 e. The van der Waals surface area contributed by atoms with Gasteiger partial charge in [0.1, 0.15) is 24.3 Å². The Morgan fingerprint density at radius 3 is 2.75 bits per heavy atom. The van der Waals surface area contributed by atoms with E-state index in [0.717, 1.165) is 19.4 Å². The topological polar surface area (TPSA) is 134 Å². The molecule has 1 unspecified atom stereocenters. The van der Waals surface area contributed by atoms with Gasteiger partial charge in [-0.1, -0.05) is 19.0 Å². The van der Waals surface area contributed by atoms with Gasteiger partial charge >= 0.3 is 0 Å². The van der Waals surface area contributed by atoms with Gasteiger partial charge in [-0.2, -0.15) is 0 Å². The van der Waals surface area contributed by atoms with E-state index in [2.05, 4.69) is 21.1 Å². The van der Waals surface area contributed by atoms with Crippen molar-refractivity contribution >= 4 is 18.1 Å². The molecule has 1 aliphatic rings. The Bertz CT molecular complexity index is 675. The van der Waals surface area contributed by atoms with Crippen molar-refractivity contribution < 1.29 is 24.0 Å². The molecule has 0 aliphatic carbocycles. The van der Waals surface area contributed by atoms with Crippen molar-refractivity contribution in [2.75, 3.05) is 6.54 Å². The number of aryl methyl sites for hydroxylation is 1. The van der Waals surface area contributed by atoms with E-state index in [1.807, 2.05) is 13.8 Å². The normalized spacial score (nSPS) is 21.8. The molecule has 2 amide bonds. The van der Waals surface area contributed by atoms with Crippen molar-refractivity contribution in [3.63, 3.8) is 0 Å². The number of hydrogen-bond donors (Lipinski definition) is 4. The third-order valence-electron chi connectivity index (χ3n) is 4.79. The lowest BCUT2D eigenvalue weighted by atomic mass is 9.91. The van der Waals surface area contributed by atoms with Crippen molar-refractivity contribution in [1.82, 2.24) is 21.1 Å². The minimum absolute atomic E-state index is 0.0994. The Labute approximate surface area is 164 Å². The number of aldehydes is 1. The number of aliphatic hydroxyl groups is 1. The molecule has 9 nitrogen and oxygen atoms in total. The summed E-state index contributed by atoms with van der Waals surface area (Å²) >= 11 is 0. The molecule has 1 fully saturated rings. The number of carbonyl (C=O) groups is 3. The molecule has 0 aromatic carbocycles. The lowest BCUT2D eigenvalue weighted by Crippen LogP contribution is -2.52. The van der Waals surface area contributed by atoms with Crippen LogP contribution in [0.4, 0.5) is 0 Å². The summed E-state index contributed by atoms with van der Waals surface area (Å²) < 4.78 is 4.90. The highest BCUT2D eigenvalue weighted by molar-refractivity contribution is 5.96. The molecule has 28 heavy (non-hydrogen) atoms. The van der Waals surface area contributed by atoms with E-state index in [-0.39, 0.29) is 17.5 Å². The molecule has 2 rings (SSSR count). The first-order chi connectivity index (χ1) is 13.3. The summed E-state index contributed by atoms with van der Waals surface area (Å²) in [5.74, 6) is -0.407. The van der Waals surface area contributed by atoms with E-state index < -0.39 is 30.1 Å². The van der Waals surface area contributed by atoms with Crippen molar-refractivity contribution in [3.05, 3.63) is 17.5 Å². The Morgan fingerprint density at radius 2 is 2.18 bits per heavy atom. The molecule has 0 radical (unpaired) electrons. The van der Waals surface area contributed by atoms with Gasteiger partial charge in [0.05, 0.1) is 6.04 Å². The van der Waals surface area contributed by atoms with E-state index in [0.29, 0.717) is 24.9 Å². The molecule has 0 saturated carbocycles. The summed E-state index contributed by atoms with van der Waals surface area (Å²) in [6.07, 6.45) is 2.43. The largest absolute Gasteiger partial charge is 0.378 e. The van der Waals surface area contributed by atoms with Crippen LogP contribution in [0.25, 0.3) is 0 Å². The molecular formula is C19H30N4O5. The Kier molecular flexibility index (Phi) is 8.13. The zero-order valence-electron chi connectivity index (χ0n) is 16.6. The zero-order valence-corrected chi connectivity index (χ0v) is 16.6. The number of piperidine rings is 1. The van der Waals surface area contributed by atoms with E-state index >= 15 is 0 Å². The minimum atomic E-state index is -0.804. The van der Waals surface area contributed by atoms with E-state index in [4.69, 9.17) is 4.52 Å². The maximum atomic E-state index is 12.7. The SMILES string of the molecule is Cc1cc(C(=O)N[C@@H](CC(C)C)C(=O)N[C@H](C=O)C[C@@H]2CCCNC2O)no1. The fraction of sp³-hybridized carbons (Fsp3) is 0.684. The maximum Gasteiger partial charge on any atom is 0.274 e. The number of amides is 2. The van der Waals surface area contributed by atoms with Gasteiger partial charge in [0.15, 0.2) is 5.69 Å². The molecular weight excluding hydrogens is 364 g/mol. The summed E-state index contributed by atoms with van der Waals surface area (Å²) in [5, 5.41) is 22.0. The summed E-state index contributed by atoms with van der Waals surface area (Å²) in [7, 11) is 0. The van der Waals surface area contributed by atoms with Gasteiger partial charge in [-0.25, -0.2) is 0 Å². The number of nitrogens with zero attached hydrogens (tertiary/aromatic N) is 1. The van der Waals surface area contributed by atoms with E-state index in [9.17, 15) is 19.5 Å². The van der Waals surface area contributed by atoms with Crippen molar-refractivity contribution in [2.24, 2.45) is 11.8 Å². The van der Waals surface area contributed by atoms with Crippen molar-refractivity contribution in [2.45, 2.75) is 64.8 Å². The summed E-state index contributed by atoms with van der Waals surface area (Å²) in [5.41, 5.74) is 0.0994. The van der Waals surface area contributed by atoms with E-state index in [1.54, 1.807) is 6.92 Å². The van der Waals surface area contributed by atoms with Gasteiger partial charge < -0.3 is 25.1 Å². The van der Waals surface area contributed by atoms with Gasteiger partial charge in [-0.15, -0.1) is 0 Å². The van der Waals surface area contributed by atoms with Crippen LogP contribution < -0.4 is 16.0 Å². The second kappa shape index (κ2) is 10.3. The fourth-order valence-corrected chi connectivity index (χ4v) is 3.35. The number of aliphatic hydroxyl groups excluding tert-OH is 1. The smallest absolute Gasteiger partial charge is 0.274 e. The lowest BCUT2D eigenvalue weighted by Gasteiger charge is -2.31. The Hall–Kier alpha value is -2.26. The first kappa shape index (κ1) is 22.0. The van der Waals surface area contributed by atoms with Crippen LogP contribution >= 0.6 is 0 Å². The number of rotatable bonds is 9. The number of carbonyl (C=O) groups excluding carboxylic acids is 3. The van der Waals surface area contributed by atoms with Crippen LogP contribution in [0.5, 0.6) is 0 Å². The highest BCUT2D eigenvalue weighted by Gasteiger charge is 2.29. The average molecular weight is 394 g/mol. The lowest BCUT2D eigenvalue weighted by molar-refractivity contribution is -0.126. The molecule has 0 bridgehead atoms. The Morgan fingerprint density at radius 1 is 1.43 bits per heavy atom. The first-order valence-corrected chi connectivity index (χ1v) is 9.71. The molecule has 4 atom stereocenters. The molecule has 1 aromatic rings. The monoisotopic (exact) mass is 394 g/mol. The fourth-order valence-electron chi connectivity index (χ4n) is 3.35. The predicted molar refractivity (Wildman–Crippen MR) is 101 cm³/mol. The molecule has 1 saturated heterocycles. The van der Waals surface area contributed by atoms with Crippen molar-refractivity contribution in [3.8, 4) is 0 Å². The van der Waals surface area contributed by atoms with Gasteiger partial charge in [0, 0.05) is 12.0 Å². The molecule has 1 aromatic heterocycles. The molecule has 4 N–H and O–H groups in total. The molecule has 2 heterocycles. The van der Waals surface area contributed by atoms with Gasteiger partial charge in [-0.3, -0.25) is 14.9 Å². The highest BCUT2D eigenvalue weighted by Crippen LogP contribution is 2.20. The molecule has 1 aliphatic heterocycles. The standard InChI is InChI=1S/C19H30N4O5/c1-11(2)7-15(22-19(27)16-8-12(3)28-23-16)18(26)21-14(10-24)9-13-5-4-6-20-17(13)25/h8,10-11,13-15,17,20,25H,4-7,9H2,1-3H3,(H,21,26)(H,22,27)/t13-,14-,15-,17?/m0/s1. The second-order valence-electron chi connectivity index (χ2n) is 7.77. The van der Waals surface area contributed by atoms with Crippen LogP contribution in [0.3, 0.4) is 0 Å². The van der Waals surface area contributed by atoms with Crippen LogP contribution in [0.1, 0.15) is 55.8 Å². The van der Waals surface area contributed by atoms with Crippen molar-refractivity contribution in [1.29, 1.82) is 0 Å². The zero-order chi connectivity index (χ0) is 20.7. The van der Waals surface area contributed by atoms with Gasteiger partial charge in [0.2, 0.25) is 5.91 Å². The summed E-state index contributed by atoms with van der Waals surface area (Å²) in [6.45, 7) is 6.28. The van der Waals surface area contributed by atoms with Crippen LogP contribution in [0.15, 0.2) is 10.6 Å². The first-order valence-electron chi connectivity index (χ1n) is 9.71. The number of aromatic nitrogens is 1. The molecule has 156 valence electrons. The van der Waals surface area contributed by atoms with Gasteiger partial charge in [-0.05, 0) is 45.1 Å². The van der Waals surface area contributed by atoms with Crippen LogP contribution in [0, 0.1) is 18.8 Å². The summed E-state index contributed by atoms with van der Waals surface area (Å²) in [4.78, 5) is 36.6. The van der Waals surface area contributed by atoms with Gasteiger partial charge in [0.25, 0.3) is 5.91 Å². The van der Waals surface area contributed by atoms with Crippen LogP contribution in [-0.4, -0.2) is 53.2 Å². The van der Waals surface area contributed by atoms with E-state index in [1.165, 1.54) is 6.07 Å². The highest BCUT2D eigenvalue weighted by atomic mass is 16.5. The third kappa shape index (κ3) is 6.42. The van der Waals surface area contributed by atoms with Crippen LogP contribution in [-0.2, 0) is 9.59 Å². The second-order valence-corrected chi connectivity index (χ2v) is 7.77. The number of nitrogens with one attached hydrogen (secondary N) is 3. The Balaban J connectivity index is 1.99. The summed E-state index contributed by atoms with van der Waals surface area (Å²) in [6, 6.07) is -0.0417. The third-order valence-corrected chi connectivity index (χ3v) is 4.79. The predicted octanol–water partition coefficient (Wildman–Crippen LogP) is 0.519.